The van der Waals surface area contributed by atoms with E-state index in [2.05, 4.69) is 20.5 Å². The maximum atomic E-state index is 14.9. The Hall–Kier alpha value is -3.62. The molecule has 0 saturated carbocycles. The molecule has 0 aliphatic carbocycles. The molecule has 6 nitrogen and oxygen atoms in total. The number of aliphatic hydroxyl groups is 1. The molecule has 2 aromatic heterocycles. The highest BCUT2D eigenvalue weighted by molar-refractivity contribution is 6.30. The van der Waals surface area contributed by atoms with E-state index in [0.29, 0.717) is 16.4 Å². The van der Waals surface area contributed by atoms with Crippen molar-refractivity contribution in [1.29, 1.82) is 0 Å². The molecule has 34 heavy (non-hydrogen) atoms. The van der Waals surface area contributed by atoms with Crippen molar-refractivity contribution in [3.05, 3.63) is 95.0 Å². The summed E-state index contributed by atoms with van der Waals surface area (Å²) in [4.78, 5) is 17.3. The van der Waals surface area contributed by atoms with Crippen molar-refractivity contribution in [1.82, 2.24) is 20.5 Å². The number of hydrogen-bond donors (Lipinski definition) is 3. The van der Waals surface area contributed by atoms with Crippen LogP contribution in [-0.2, 0) is 6.42 Å². The molecule has 2 heterocycles. The van der Waals surface area contributed by atoms with Crippen LogP contribution in [0, 0.1) is 5.82 Å². The van der Waals surface area contributed by atoms with Gasteiger partial charge >= 0.3 is 0 Å². The number of rotatable bonds is 8. The summed E-state index contributed by atoms with van der Waals surface area (Å²) in [5, 5.41) is 19.5. The molecule has 4 aromatic rings. The van der Waals surface area contributed by atoms with Crippen molar-refractivity contribution in [2.45, 2.75) is 18.6 Å². The molecule has 0 bridgehead atoms. The molecule has 2 aromatic carbocycles. The summed E-state index contributed by atoms with van der Waals surface area (Å²) in [5.41, 5.74) is 2.13. The van der Waals surface area contributed by atoms with Gasteiger partial charge in [-0.25, -0.2) is 8.78 Å². The van der Waals surface area contributed by atoms with Gasteiger partial charge in [0.25, 0.3) is 5.91 Å². The Morgan fingerprint density at radius 3 is 2.62 bits per heavy atom. The van der Waals surface area contributed by atoms with Crippen LogP contribution in [0.25, 0.3) is 22.5 Å². The monoisotopic (exact) mass is 482 g/mol. The molecule has 3 N–H and O–H groups in total. The number of carbonyl (C=O) groups is 1. The molecule has 0 unspecified atom stereocenters. The quantitative estimate of drug-likeness (QED) is 0.342. The lowest BCUT2D eigenvalue weighted by Gasteiger charge is -2.22. The Labute approximate surface area is 199 Å². The van der Waals surface area contributed by atoms with E-state index in [1.165, 1.54) is 18.2 Å². The largest absolute Gasteiger partial charge is 0.393 e. The Morgan fingerprint density at radius 1 is 1.12 bits per heavy atom. The van der Waals surface area contributed by atoms with Crippen LogP contribution in [0.1, 0.15) is 16.1 Å². The second-order valence-electron chi connectivity index (χ2n) is 7.64. The summed E-state index contributed by atoms with van der Waals surface area (Å²) in [7, 11) is 0. The number of nitrogens with one attached hydrogen (secondary N) is 2. The van der Waals surface area contributed by atoms with Crippen molar-refractivity contribution >= 4 is 17.5 Å². The van der Waals surface area contributed by atoms with Crippen molar-refractivity contribution < 1.29 is 18.7 Å². The molecule has 2 atom stereocenters. The van der Waals surface area contributed by atoms with Gasteiger partial charge in [-0.05, 0) is 42.5 Å². The zero-order valence-corrected chi connectivity index (χ0v) is 18.6. The first-order valence-corrected chi connectivity index (χ1v) is 10.9. The number of amides is 1. The number of aromatic nitrogens is 3. The van der Waals surface area contributed by atoms with Gasteiger partial charge in [-0.2, -0.15) is 5.10 Å². The van der Waals surface area contributed by atoms with Gasteiger partial charge in [0.05, 0.1) is 29.6 Å². The van der Waals surface area contributed by atoms with E-state index in [0.717, 1.165) is 5.56 Å². The number of pyridine rings is 1. The van der Waals surface area contributed by atoms with E-state index in [1.54, 1.807) is 54.7 Å². The minimum atomic E-state index is -1.73. The summed E-state index contributed by atoms with van der Waals surface area (Å²) in [6.07, 6.45) is -0.114. The minimum absolute atomic E-state index is 0.00228. The van der Waals surface area contributed by atoms with Crippen LogP contribution < -0.4 is 5.32 Å². The number of halogens is 3. The zero-order valence-electron chi connectivity index (χ0n) is 17.9. The first kappa shape index (κ1) is 23.5. The number of aliphatic hydroxyl groups excluding tert-OH is 1. The fourth-order valence-corrected chi connectivity index (χ4v) is 3.72. The number of carbonyl (C=O) groups excluding carboxylic acids is 1. The third-order valence-corrected chi connectivity index (χ3v) is 5.58. The van der Waals surface area contributed by atoms with Crippen molar-refractivity contribution in [3.8, 4) is 22.5 Å². The Bertz CT molecular complexity index is 1270. The van der Waals surface area contributed by atoms with Gasteiger partial charge in [0.1, 0.15) is 12.0 Å². The zero-order chi connectivity index (χ0) is 24.1. The average Bonchev–Trinajstić information content (AvgIpc) is 3.33. The van der Waals surface area contributed by atoms with Gasteiger partial charge in [-0.15, -0.1) is 0 Å². The minimum Gasteiger partial charge on any atom is -0.393 e. The molecule has 0 saturated heterocycles. The molecule has 1 amide bonds. The van der Waals surface area contributed by atoms with Gasteiger partial charge in [0, 0.05) is 34.5 Å². The molecular formula is C25H21ClF2N4O2. The Morgan fingerprint density at radius 2 is 1.91 bits per heavy atom. The number of alkyl halides is 1. The number of hydrogen-bond acceptors (Lipinski definition) is 4. The third kappa shape index (κ3) is 5.30. The number of nitrogens with zero attached hydrogens (tertiary/aromatic N) is 2. The SMILES string of the molecule is O=C(N[C@H](Cc1ccccn1)[C@H](F)CO)c1cccc(F)c1-c1cc(-c2ccc(Cl)cc2)n[nH]1. The number of benzene rings is 2. The number of H-pyrrole nitrogens is 1. The molecule has 0 radical (unpaired) electrons. The van der Waals surface area contributed by atoms with E-state index >= 15 is 0 Å². The summed E-state index contributed by atoms with van der Waals surface area (Å²) in [6, 6.07) is 16.8. The maximum absolute atomic E-state index is 14.9. The fourth-order valence-electron chi connectivity index (χ4n) is 3.59. The van der Waals surface area contributed by atoms with Crippen molar-refractivity contribution in [3.63, 3.8) is 0 Å². The first-order valence-electron chi connectivity index (χ1n) is 10.5. The molecular weight excluding hydrogens is 462 g/mol. The van der Waals surface area contributed by atoms with E-state index < -0.39 is 30.5 Å². The molecule has 0 aliphatic rings. The molecule has 4 rings (SSSR count). The van der Waals surface area contributed by atoms with Crippen LogP contribution in [0.5, 0.6) is 0 Å². The molecule has 0 spiro atoms. The van der Waals surface area contributed by atoms with Crippen LogP contribution in [0.3, 0.4) is 0 Å². The van der Waals surface area contributed by atoms with Gasteiger partial charge in [0.2, 0.25) is 0 Å². The maximum Gasteiger partial charge on any atom is 0.252 e. The van der Waals surface area contributed by atoms with Gasteiger partial charge in [-0.3, -0.25) is 14.9 Å². The summed E-state index contributed by atoms with van der Waals surface area (Å²) >= 11 is 5.93. The predicted octanol–water partition coefficient (Wildman–Crippen LogP) is 4.60. The van der Waals surface area contributed by atoms with Crippen LogP contribution in [0.2, 0.25) is 5.02 Å². The van der Waals surface area contributed by atoms with Crippen molar-refractivity contribution in [2.75, 3.05) is 6.61 Å². The smallest absolute Gasteiger partial charge is 0.252 e. The normalized spacial score (nSPS) is 12.8. The van der Waals surface area contributed by atoms with E-state index in [-0.39, 0.29) is 23.2 Å². The fraction of sp³-hybridized carbons (Fsp3) is 0.160. The Balaban J connectivity index is 1.63. The highest BCUT2D eigenvalue weighted by atomic mass is 35.5. The lowest BCUT2D eigenvalue weighted by Crippen LogP contribution is -2.44. The van der Waals surface area contributed by atoms with Gasteiger partial charge in [-0.1, -0.05) is 35.9 Å². The third-order valence-electron chi connectivity index (χ3n) is 5.33. The van der Waals surface area contributed by atoms with Crippen LogP contribution in [-0.4, -0.2) is 45.0 Å². The first-order chi connectivity index (χ1) is 16.5. The number of aromatic amines is 1. The van der Waals surface area contributed by atoms with Gasteiger partial charge in [0.15, 0.2) is 0 Å². The van der Waals surface area contributed by atoms with E-state index in [1.807, 2.05) is 0 Å². The highest BCUT2D eigenvalue weighted by Gasteiger charge is 2.26. The summed E-state index contributed by atoms with van der Waals surface area (Å²) in [6.45, 7) is -0.779. The standard InChI is InChI=1S/C25H21ClF2N4O2/c26-16-9-7-15(8-10-16)21-13-23(32-31-21)24-18(5-3-6-19(24)27)25(34)30-22(20(28)14-33)12-17-4-1-2-11-29-17/h1-11,13,20,22,33H,12,14H2,(H,30,34)(H,31,32)/t20-,22-/m1/s1. The molecule has 0 fully saturated rings. The predicted molar refractivity (Wildman–Crippen MR) is 126 cm³/mol. The molecule has 0 aliphatic heterocycles. The average molecular weight is 483 g/mol. The molecule has 9 heteroatoms. The summed E-state index contributed by atoms with van der Waals surface area (Å²) in [5.74, 6) is -1.33. The second-order valence-corrected chi connectivity index (χ2v) is 8.08. The van der Waals surface area contributed by atoms with Crippen molar-refractivity contribution in [2.24, 2.45) is 0 Å². The van der Waals surface area contributed by atoms with E-state index in [9.17, 15) is 18.7 Å². The Kier molecular flexibility index (Phi) is 7.30. The van der Waals surface area contributed by atoms with Crippen LogP contribution in [0.15, 0.2) is 72.9 Å². The van der Waals surface area contributed by atoms with E-state index in [4.69, 9.17) is 11.6 Å². The second kappa shape index (κ2) is 10.5. The molecule has 174 valence electrons. The lowest BCUT2D eigenvalue weighted by atomic mass is 10.0. The summed E-state index contributed by atoms with van der Waals surface area (Å²) < 4.78 is 29.4. The van der Waals surface area contributed by atoms with Crippen LogP contribution in [0.4, 0.5) is 8.78 Å². The lowest BCUT2D eigenvalue weighted by molar-refractivity contribution is 0.0869. The van der Waals surface area contributed by atoms with Crippen LogP contribution >= 0.6 is 11.6 Å². The topological polar surface area (TPSA) is 90.9 Å². The van der Waals surface area contributed by atoms with Gasteiger partial charge < -0.3 is 10.4 Å². The highest BCUT2D eigenvalue weighted by Crippen LogP contribution is 2.29.